The van der Waals surface area contributed by atoms with E-state index in [1.165, 1.54) is 6.92 Å². The Balaban J connectivity index is 2.27. The first-order chi connectivity index (χ1) is 9.52. The molecule has 3 N–H and O–H groups in total. The summed E-state index contributed by atoms with van der Waals surface area (Å²) in [4.78, 5) is 33.8. The number of carbonyl (C=O) groups is 2. The van der Waals surface area contributed by atoms with Gasteiger partial charge in [-0.25, -0.2) is 14.8 Å². The van der Waals surface area contributed by atoms with Gasteiger partial charge in [0.25, 0.3) is 0 Å². The first-order valence-electron chi connectivity index (χ1n) is 6.03. The molecule has 0 saturated heterocycles. The van der Waals surface area contributed by atoms with E-state index in [4.69, 9.17) is 5.11 Å². The lowest BCUT2D eigenvalue weighted by atomic mass is 10.2. The van der Waals surface area contributed by atoms with Gasteiger partial charge in [-0.3, -0.25) is 4.79 Å². The van der Waals surface area contributed by atoms with E-state index in [1.807, 2.05) is 6.92 Å². The van der Waals surface area contributed by atoms with Gasteiger partial charge in [-0.1, -0.05) is 18.3 Å². The van der Waals surface area contributed by atoms with Gasteiger partial charge in [-0.2, -0.15) is 0 Å². The number of imidazole rings is 1. The van der Waals surface area contributed by atoms with Gasteiger partial charge in [0.1, 0.15) is 10.7 Å². The van der Waals surface area contributed by atoms with Gasteiger partial charge in [0, 0.05) is 19.3 Å². The van der Waals surface area contributed by atoms with Crippen LogP contribution in [-0.2, 0) is 0 Å². The van der Waals surface area contributed by atoms with Crippen molar-refractivity contribution < 1.29 is 14.7 Å². The first-order valence-corrected chi connectivity index (χ1v) is 6.85. The quantitative estimate of drug-likeness (QED) is 0.706. The molecule has 106 valence electrons. The molecule has 2 heterocycles. The van der Waals surface area contributed by atoms with Gasteiger partial charge in [0.2, 0.25) is 0 Å². The van der Waals surface area contributed by atoms with Crippen molar-refractivity contribution in [2.24, 2.45) is 0 Å². The van der Waals surface area contributed by atoms with Crippen molar-refractivity contribution in [3.05, 3.63) is 28.8 Å². The Labute approximate surface area is 119 Å². The number of aromatic nitrogens is 3. The van der Waals surface area contributed by atoms with Crippen LogP contribution in [0, 0.1) is 0 Å². The third-order valence-electron chi connectivity index (χ3n) is 2.70. The van der Waals surface area contributed by atoms with Crippen molar-refractivity contribution in [1.82, 2.24) is 15.0 Å². The van der Waals surface area contributed by atoms with Gasteiger partial charge >= 0.3 is 5.97 Å². The van der Waals surface area contributed by atoms with E-state index in [0.29, 0.717) is 5.13 Å². The van der Waals surface area contributed by atoms with E-state index in [9.17, 15) is 9.59 Å². The summed E-state index contributed by atoms with van der Waals surface area (Å²) in [6, 6.07) is -0.113. The molecule has 0 fully saturated rings. The lowest BCUT2D eigenvalue weighted by molar-refractivity contribution is 0.0687. The van der Waals surface area contributed by atoms with E-state index in [1.54, 1.807) is 12.4 Å². The number of nitrogens with zero attached hydrogens (tertiary/aromatic N) is 2. The fourth-order valence-electron chi connectivity index (χ4n) is 1.75. The molecule has 2 rings (SSSR count). The Morgan fingerprint density at radius 3 is 2.75 bits per heavy atom. The molecule has 0 saturated carbocycles. The number of aromatic amines is 1. The zero-order valence-electron chi connectivity index (χ0n) is 11.0. The highest BCUT2D eigenvalue weighted by Gasteiger charge is 2.22. The lowest BCUT2D eigenvalue weighted by Gasteiger charge is -2.13. The number of hydrogen-bond donors (Lipinski definition) is 3. The fourth-order valence-corrected chi connectivity index (χ4v) is 2.65. The number of thiazole rings is 1. The molecule has 20 heavy (non-hydrogen) atoms. The van der Waals surface area contributed by atoms with Crippen LogP contribution < -0.4 is 5.32 Å². The smallest absolute Gasteiger partial charge is 0.356 e. The van der Waals surface area contributed by atoms with E-state index in [-0.39, 0.29) is 22.4 Å². The summed E-state index contributed by atoms with van der Waals surface area (Å²) in [5, 5.41) is 12.5. The molecule has 1 atom stereocenters. The summed E-state index contributed by atoms with van der Waals surface area (Å²) in [5.41, 5.74) is -0.209. The van der Waals surface area contributed by atoms with Gasteiger partial charge in [0.15, 0.2) is 16.6 Å². The number of carboxylic acid groups (broad SMARTS) is 1. The Hall–Kier alpha value is -2.22. The summed E-state index contributed by atoms with van der Waals surface area (Å²) < 4.78 is 0. The van der Waals surface area contributed by atoms with E-state index in [0.717, 1.165) is 23.6 Å². The maximum absolute atomic E-state index is 11.4. The van der Waals surface area contributed by atoms with Gasteiger partial charge < -0.3 is 15.4 Å². The second kappa shape index (κ2) is 5.83. The van der Waals surface area contributed by atoms with Crippen LogP contribution in [0.1, 0.15) is 52.3 Å². The van der Waals surface area contributed by atoms with Gasteiger partial charge in [-0.05, 0) is 6.42 Å². The van der Waals surface area contributed by atoms with Crippen LogP contribution in [0.4, 0.5) is 5.13 Å². The molecule has 1 unspecified atom stereocenters. The molecule has 0 bridgehead atoms. The first kappa shape index (κ1) is 14.2. The Morgan fingerprint density at radius 2 is 2.30 bits per heavy atom. The molecule has 8 heteroatoms. The lowest BCUT2D eigenvalue weighted by Crippen LogP contribution is -2.11. The maximum atomic E-state index is 11.4. The molecule has 0 radical (unpaired) electrons. The second-order valence-electron chi connectivity index (χ2n) is 4.14. The van der Waals surface area contributed by atoms with Crippen molar-refractivity contribution in [2.75, 3.05) is 5.32 Å². The van der Waals surface area contributed by atoms with Crippen molar-refractivity contribution in [1.29, 1.82) is 0 Å². The highest BCUT2D eigenvalue weighted by Crippen LogP contribution is 2.27. The maximum Gasteiger partial charge on any atom is 0.356 e. The number of aromatic carboxylic acids is 1. The third-order valence-corrected chi connectivity index (χ3v) is 3.79. The van der Waals surface area contributed by atoms with Crippen LogP contribution in [0.3, 0.4) is 0 Å². The number of Topliss-reactive ketones (excluding diaryl/α,β-unsaturated/α-hetero) is 1. The minimum absolute atomic E-state index is 0.113. The van der Waals surface area contributed by atoms with Crippen molar-refractivity contribution in [3.63, 3.8) is 0 Å². The van der Waals surface area contributed by atoms with Crippen molar-refractivity contribution >= 4 is 28.2 Å². The Kier molecular flexibility index (Phi) is 4.14. The molecule has 2 aromatic heterocycles. The Morgan fingerprint density at radius 1 is 1.55 bits per heavy atom. The normalized spacial score (nSPS) is 12.1. The highest BCUT2D eigenvalue weighted by molar-refractivity contribution is 7.17. The number of rotatable bonds is 6. The molecular weight excluding hydrogens is 280 g/mol. The van der Waals surface area contributed by atoms with E-state index in [2.05, 4.69) is 20.3 Å². The number of H-pyrrole nitrogens is 1. The van der Waals surface area contributed by atoms with Crippen LogP contribution in [-0.4, -0.2) is 31.8 Å². The van der Waals surface area contributed by atoms with Gasteiger partial charge in [-0.15, -0.1) is 0 Å². The standard InChI is InChI=1S/C12H14N4O3S/c1-3-7(10-13-4-5-14-10)15-12-16-8(11(18)19)9(20-12)6(2)17/h4-5,7H,3H2,1-2H3,(H,13,14)(H,15,16)(H,18,19). The minimum Gasteiger partial charge on any atom is -0.476 e. The summed E-state index contributed by atoms with van der Waals surface area (Å²) in [5.74, 6) is -0.770. The fraction of sp³-hybridized carbons (Fsp3) is 0.333. The van der Waals surface area contributed by atoms with Crippen LogP contribution in [0.5, 0.6) is 0 Å². The Bertz CT molecular complexity index is 589. The van der Waals surface area contributed by atoms with Crippen LogP contribution in [0.15, 0.2) is 12.4 Å². The SMILES string of the molecule is CCC(Nc1nc(C(=O)O)c(C(C)=O)s1)c1ncc[nH]1. The average molecular weight is 294 g/mol. The molecule has 0 aliphatic heterocycles. The second-order valence-corrected chi connectivity index (χ2v) is 5.14. The number of carbonyl (C=O) groups excluding carboxylic acids is 1. The molecule has 2 aromatic rings. The highest BCUT2D eigenvalue weighted by atomic mass is 32.1. The molecule has 0 spiro atoms. The van der Waals surface area contributed by atoms with Gasteiger partial charge in [0.05, 0.1) is 6.04 Å². The monoisotopic (exact) mass is 294 g/mol. The van der Waals surface area contributed by atoms with E-state index >= 15 is 0 Å². The third kappa shape index (κ3) is 2.85. The summed E-state index contributed by atoms with van der Waals surface area (Å²) in [6.45, 7) is 3.30. The number of nitrogens with one attached hydrogen (secondary N) is 2. The van der Waals surface area contributed by atoms with Crippen molar-refractivity contribution in [3.8, 4) is 0 Å². The summed E-state index contributed by atoms with van der Waals surface area (Å²) >= 11 is 1.04. The summed E-state index contributed by atoms with van der Waals surface area (Å²) in [6.07, 6.45) is 4.10. The largest absolute Gasteiger partial charge is 0.476 e. The van der Waals surface area contributed by atoms with Crippen LogP contribution >= 0.6 is 11.3 Å². The minimum atomic E-state index is -1.20. The molecule has 0 aromatic carbocycles. The number of carboxylic acids is 1. The molecule has 0 aliphatic carbocycles. The van der Waals surface area contributed by atoms with Crippen molar-refractivity contribution in [2.45, 2.75) is 26.3 Å². The zero-order valence-corrected chi connectivity index (χ0v) is 11.8. The van der Waals surface area contributed by atoms with Crippen LogP contribution in [0.25, 0.3) is 0 Å². The molecule has 0 amide bonds. The molecular formula is C12H14N4O3S. The zero-order chi connectivity index (χ0) is 14.7. The molecule has 0 aliphatic rings. The number of ketones is 1. The number of hydrogen-bond acceptors (Lipinski definition) is 6. The topological polar surface area (TPSA) is 108 Å². The average Bonchev–Trinajstić information content (AvgIpc) is 3.05. The molecule has 7 nitrogen and oxygen atoms in total. The van der Waals surface area contributed by atoms with Crippen LogP contribution in [0.2, 0.25) is 0 Å². The predicted molar refractivity (Wildman–Crippen MR) is 74.3 cm³/mol. The summed E-state index contributed by atoms with van der Waals surface area (Å²) in [7, 11) is 0. The predicted octanol–water partition coefficient (Wildman–Crippen LogP) is 2.33. The number of anilines is 1. The van der Waals surface area contributed by atoms with E-state index < -0.39 is 5.97 Å².